The number of hydrogen-bond acceptors (Lipinski definition) is 3. The van der Waals surface area contributed by atoms with Crippen molar-refractivity contribution < 1.29 is 4.79 Å². The van der Waals surface area contributed by atoms with Crippen LogP contribution in [0.3, 0.4) is 0 Å². The van der Waals surface area contributed by atoms with Gasteiger partial charge in [-0.25, -0.2) is 0 Å². The minimum Gasteiger partial charge on any atom is -0.371 e. The van der Waals surface area contributed by atoms with Crippen molar-refractivity contribution in [2.75, 3.05) is 18.0 Å². The van der Waals surface area contributed by atoms with Crippen LogP contribution in [0.5, 0.6) is 0 Å². The molecule has 0 unspecified atom stereocenters. The maximum Gasteiger partial charge on any atom is 0.220 e. The summed E-state index contributed by atoms with van der Waals surface area (Å²) in [7, 11) is 0. The molecule has 0 aromatic heterocycles. The Hall–Kier alpha value is -1.26. The highest BCUT2D eigenvalue weighted by molar-refractivity contribution is 6.31. The van der Waals surface area contributed by atoms with Gasteiger partial charge in [-0.15, -0.1) is 0 Å². The van der Waals surface area contributed by atoms with Crippen molar-refractivity contribution in [3.63, 3.8) is 0 Å². The number of carbonyl (C=O) groups excluding carboxylic acids is 1. The molecule has 1 saturated heterocycles. The number of hydrogen-bond donors (Lipinski definition) is 2. The van der Waals surface area contributed by atoms with Gasteiger partial charge in [-0.1, -0.05) is 17.7 Å². The monoisotopic (exact) mass is 267 g/mol. The fourth-order valence-corrected chi connectivity index (χ4v) is 2.70. The summed E-state index contributed by atoms with van der Waals surface area (Å²) in [4.78, 5) is 13.4. The fourth-order valence-electron chi connectivity index (χ4n) is 2.45. The number of primary amides is 1. The van der Waals surface area contributed by atoms with E-state index in [1.807, 2.05) is 18.2 Å². The van der Waals surface area contributed by atoms with Gasteiger partial charge in [0.05, 0.1) is 0 Å². The first-order chi connectivity index (χ1) is 8.63. The molecular formula is C13H18ClN3O. The highest BCUT2D eigenvalue weighted by Crippen LogP contribution is 2.30. The van der Waals surface area contributed by atoms with Gasteiger partial charge in [0.1, 0.15) is 0 Å². The third-order valence-electron chi connectivity index (χ3n) is 3.54. The smallest absolute Gasteiger partial charge is 0.220 e. The summed E-state index contributed by atoms with van der Waals surface area (Å²) in [6.45, 7) is 2.06. The molecule has 0 bridgehead atoms. The topological polar surface area (TPSA) is 72.3 Å². The molecule has 1 aromatic carbocycles. The standard InChI is InChI=1S/C13H18ClN3O/c14-11-2-1-3-12(10(11)8-15)17-6-4-9(5-7-17)13(16)18/h1-3,9H,4-8,15H2,(H2,16,18). The van der Waals surface area contributed by atoms with Crippen LogP contribution in [0.2, 0.25) is 5.02 Å². The summed E-state index contributed by atoms with van der Waals surface area (Å²) in [5, 5.41) is 0.701. The summed E-state index contributed by atoms with van der Waals surface area (Å²) < 4.78 is 0. The van der Waals surface area contributed by atoms with Gasteiger partial charge < -0.3 is 16.4 Å². The normalized spacial score (nSPS) is 16.9. The minimum atomic E-state index is -0.195. The van der Waals surface area contributed by atoms with E-state index in [4.69, 9.17) is 23.1 Å². The summed E-state index contributed by atoms with van der Waals surface area (Å²) in [6.07, 6.45) is 1.59. The van der Waals surface area contributed by atoms with Gasteiger partial charge in [-0.3, -0.25) is 4.79 Å². The van der Waals surface area contributed by atoms with E-state index in [-0.39, 0.29) is 11.8 Å². The molecule has 98 valence electrons. The molecule has 1 aliphatic rings. The van der Waals surface area contributed by atoms with Crippen molar-refractivity contribution in [3.05, 3.63) is 28.8 Å². The Morgan fingerprint density at radius 3 is 2.61 bits per heavy atom. The van der Waals surface area contributed by atoms with Crippen LogP contribution in [0.1, 0.15) is 18.4 Å². The molecule has 5 heteroatoms. The number of amides is 1. The Labute approximate surface area is 112 Å². The molecule has 1 aromatic rings. The van der Waals surface area contributed by atoms with Gasteiger partial charge in [0, 0.05) is 41.8 Å². The van der Waals surface area contributed by atoms with Gasteiger partial charge in [0.15, 0.2) is 0 Å². The molecule has 1 aliphatic heterocycles. The van der Waals surface area contributed by atoms with Crippen LogP contribution < -0.4 is 16.4 Å². The third kappa shape index (κ3) is 2.60. The molecule has 0 spiro atoms. The van der Waals surface area contributed by atoms with E-state index in [1.165, 1.54) is 0 Å². The number of nitrogens with zero attached hydrogens (tertiary/aromatic N) is 1. The summed E-state index contributed by atoms with van der Waals surface area (Å²) in [5.41, 5.74) is 13.1. The van der Waals surface area contributed by atoms with E-state index >= 15 is 0 Å². The van der Waals surface area contributed by atoms with Gasteiger partial charge in [-0.05, 0) is 25.0 Å². The number of piperidine rings is 1. The van der Waals surface area contributed by atoms with Gasteiger partial charge in [-0.2, -0.15) is 0 Å². The Morgan fingerprint density at radius 2 is 2.06 bits per heavy atom. The molecule has 0 aliphatic carbocycles. The Bertz CT molecular complexity index is 442. The molecule has 1 heterocycles. The molecule has 0 atom stereocenters. The third-order valence-corrected chi connectivity index (χ3v) is 3.89. The number of carbonyl (C=O) groups is 1. The molecule has 2 rings (SSSR count). The SMILES string of the molecule is NCc1c(Cl)cccc1N1CCC(C(N)=O)CC1. The summed E-state index contributed by atoms with van der Waals surface area (Å²) >= 11 is 6.15. The van der Waals surface area contributed by atoms with E-state index in [9.17, 15) is 4.79 Å². The first-order valence-electron chi connectivity index (χ1n) is 6.15. The fraction of sp³-hybridized carbons (Fsp3) is 0.462. The average molecular weight is 268 g/mol. The summed E-state index contributed by atoms with van der Waals surface area (Å²) in [5.74, 6) is -0.193. The van der Waals surface area contributed by atoms with Crippen LogP contribution >= 0.6 is 11.6 Å². The molecule has 4 nitrogen and oxygen atoms in total. The van der Waals surface area contributed by atoms with Gasteiger partial charge in [0.2, 0.25) is 5.91 Å². The number of rotatable bonds is 3. The Morgan fingerprint density at radius 1 is 1.39 bits per heavy atom. The second kappa shape index (κ2) is 5.59. The van der Waals surface area contributed by atoms with E-state index in [0.717, 1.165) is 37.2 Å². The maximum atomic E-state index is 11.1. The van der Waals surface area contributed by atoms with Crippen molar-refractivity contribution in [1.29, 1.82) is 0 Å². The lowest BCUT2D eigenvalue weighted by Gasteiger charge is -2.33. The highest BCUT2D eigenvalue weighted by atomic mass is 35.5. The van der Waals surface area contributed by atoms with Gasteiger partial charge >= 0.3 is 0 Å². The van der Waals surface area contributed by atoms with Crippen LogP contribution in [-0.4, -0.2) is 19.0 Å². The molecule has 1 fully saturated rings. The number of halogens is 1. The van der Waals surface area contributed by atoms with Crippen molar-refractivity contribution in [3.8, 4) is 0 Å². The lowest BCUT2D eigenvalue weighted by molar-refractivity contribution is -0.122. The number of nitrogens with two attached hydrogens (primary N) is 2. The molecular weight excluding hydrogens is 250 g/mol. The van der Waals surface area contributed by atoms with E-state index in [2.05, 4.69) is 4.90 Å². The van der Waals surface area contributed by atoms with Crippen molar-refractivity contribution in [2.45, 2.75) is 19.4 Å². The predicted octanol–water partition coefficient (Wildman–Crippen LogP) is 1.50. The van der Waals surface area contributed by atoms with E-state index < -0.39 is 0 Å². The Balaban J connectivity index is 2.14. The van der Waals surface area contributed by atoms with Crippen molar-refractivity contribution in [2.24, 2.45) is 17.4 Å². The summed E-state index contributed by atoms with van der Waals surface area (Å²) in [6, 6.07) is 5.80. The van der Waals surface area contributed by atoms with Gasteiger partial charge in [0.25, 0.3) is 0 Å². The zero-order valence-electron chi connectivity index (χ0n) is 10.2. The van der Waals surface area contributed by atoms with Crippen LogP contribution in [0.4, 0.5) is 5.69 Å². The lowest BCUT2D eigenvalue weighted by Crippen LogP contribution is -2.39. The van der Waals surface area contributed by atoms with Crippen molar-refractivity contribution in [1.82, 2.24) is 0 Å². The minimum absolute atomic E-state index is 0.00163. The maximum absolute atomic E-state index is 11.1. The molecule has 0 saturated carbocycles. The Kier molecular flexibility index (Phi) is 4.09. The highest BCUT2D eigenvalue weighted by Gasteiger charge is 2.24. The first-order valence-corrected chi connectivity index (χ1v) is 6.53. The molecule has 0 radical (unpaired) electrons. The molecule has 18 heavy (non-hydrogen) atoms. The molecule has 1 amide bonds. The van der Waals surface area contributed by atoms with E-state index in [0.29, 0.717) is 11.6 Å². The number of benzene rings is 1. The second-order valence-corrected chi connectivity index (χ2v) is 5.01. The first kappa shape index (κ1) is 13.2. The van der Waals surface area contributed by atoms with Crippen molar-refractivity contribution >= 4 is 23.2 Å². The van der Waals surface area contributed by atoms with Crippen LogP contribution in [0.15, 0.2) is 18.2 Å². The predicted molar refractivity (Wildman–Crippen MR) is 73.5 cm³/mol. The average Bonchev–Trinajstić information content (AvgIpc) is 2.38. The van der Waals surface area contributed by atoms with E-state index in [1.54, 1.807) is 0 Å². The lowest BCUT2D eigenvalue weighted by atomic mass is 9.95. The van der Waals surface area contributed by atoms with Crippen LogP contribution in [-0.2, 0) is 11.3 Å². The zero-order chi connectivity index (χ0) is 13.1. The number of anilines is 1. The second-order valence-electron chi connectivity index (χ2n) is 4.61. The largest absolute Gasteiger partial charge is 0.371 e. The molecule has 4 N–H and O–H groups in total. The van der Waals surface area contributed by atoms with Crippen LogP contribution in [0.25, 0.3) is 0 Å². The van der Waals surface area contributed by atoms with Crippen LogP contribution in [0, 0.1) is 5.92 Å². The zero-order valence-corrected chi connectivity index (χ0v) is 11.0. The quantitative estimate of drug-likeness (QED) is 0.872.